The molecule has 0 radical (unpaired) electrons. The first-order chi connectivity index (χ1) is 12.9. The quantitative estimate of drug-likeness (QED) is 0.786. The van der Waals surface area contributed by atoms with E-state index in [-0.39, 0.29) is 29.6 Å². The highest BCUT2D eigenvalue weighted by Crippen LogP contribution is 2.29. The molecule has 0 unspecified atom stereocenters. The molecule has 6 heteroatoms. The van der Waals surface area contributed by atoms with Crippen LogP contribution < -0.4 is 16.7 Å². The molecule has 27 heavy (non-hydrogen) atoms. The smallest absolute Gasteiger partial charge is 0.336 e. The fraction of sp³-hybridized carbons (Fsp3) is 0.524. The van der Waals surface area contributed by atoms with Crippen molar-refractivity contribution < 1.29 is 13.9 Å². The van der Waals surface area contributed by atoms with Gasteiger partial charge in [-0.1, -0.05) is 6.92 Å². The van der Waals surface area contributed by atoms with Gasteiger partial charge in [0.05, 0.1) is 6.10 Å². The van der Waals surface area contributed by atoms with Gasteiger partial charge in [-0.15, -0.1) is 0 Å². The number of carbonyl (C=O) groups excluding carboxylic acids is 1. The summed E-state index contributed by atoms with van der Waals surface area (Å²) in [6.07, 6.45) is 3.21. The lowest BCUT2D eigenvalue weighted by Gasteiger charge is -2.33. The van der Waals surface area contributed by atoms with Gasteiger partial charge in [-0.2, -0.15) is 0 Å². The maximum absolute atomic E-state index is 12.8. The minimum Gasteiger partial charge on any atom is -0.423 e. The van der Waals surface area contributed by atoms with Gasteiger partial charge in [-0.05, 0) is 62.8 Å². The van der Waals surface area contributed by atoms with Gasteiger partial charge in [0.25, 0.3) is 0 Å². The van der Waals surface area contributed by atoms with Crippen LogP contribution in [-0.4, -0.2) is 24.7 Å². The third kappa shape index (κ3) is 4.39. The molecule has 0 saturated heterocycles. The zero-order valence-electron chi connectivity index (χ0n) is 16.2. The highest BCUT2D eigenvalue weighted by molar-refractivity contribution is 5.96. The van der Waals surface area contributed by atoms with Crippen molar-refractivity contribution in [1.29, 1.82) is 0 Å². The van der Waals surface area contributed by atoms with Crippen LogP contribution in [0.5, 0.6) is 0 Å². The van der Waals surface area contributed by atoms with Crippen LogP contribution in [0.15, 0.2) is 27.4 Å². The van der Waals surface area contributed by atoms with E-state index < -0.39 is 0 Å². The Morgan fingerprint density at radius 2 is 2.04 bits per heavy atom. The van der Waals surface area contributed by atoms with Crippen LogP contribution in [0.2, 0.25) is 0 Å². The van der Waals surface area contributed by atoms with Gasteiger partial charge in [-0.3, -0.25) is 4.79 Å². The highest BCUT2D eigenvalue weighted by Gasteiger charge is 2.32. The molecule has 2 aromatic rings. The summed E-state index contributed by atoms with van der Waals surface area (Å²) in [6.45, 7) is 6.53. The molecule has 146 valence electrons. The fourth-order valence-electron chi connectivity index (χ4n) is 3.73. The van der Waals surface area contributed by atoms with Crippen molar-refractivity contribution in [2.75, 3.05) is 11.9 Å². The molecule has 3 N–H and O–H groups in total. The van der Waals surface area contributed by atoms with Crippen molar-refractivity contribution in [3.63, 3.8) is 0 Å². The second kappa shape index (κ2) is 8.23. The van der Waals surface area contributed by atoms with E-state index >= 15 is 0 Å². The Morgan fingerprint density at radius 3 is 2.74 bits per heavy atom. The van der Waals surface area contributed by atoms with Crippen LogP contribution in [0.1, 0.15) is 43.7 Å². The Labute approximate surface area is 159 Å². The summed E-state index contributed by atoms with van der Waals surface area (Å²) in [6, 6.07) is 5.01. The van der Waals surface area contributed by atoms with E-state index in [1.807, 2.05) is 19.9 Å². The third-order valence-corrected chi connectivity index (χ3v) is 5.29. The molecular weight excluding hydrogens is 344 g/mol. The predicted octanol–water partition coefficient (Wildman–Crippen LogP) is 3.27. The number of amides is 1. The second-order valence-electron chi connectivity index (χ2n) is 7.48. The number of benzene rings is 1. The summed E-state index contributed by atoms with van der Waals surface area (Å²) in [5.74, 6) is -0.136. The third-order valence-electron chi connectivity index (χ3n) is 5.29. The van der Waals surface area contributed by atoms with Crippen LogP contribution in [0.3, 0.4) is 0 Å². The molecule has 0 spiro atoms. The maximum atomic E-state index is 12.8. The largest absolute Gasteiger partial charge is 0.423 e. The predicted molar refractivity (Wildman–Crippen MR) is 106 cm³/mol. The number of rotatable bonds is 5. The molecule has 0 bridgehead atoms. The molecule has 0 aliphatic heterocycles. The number of hydrogen-bond acceptors (Lipinski definition) is 5. The summed E-state index contributed by atoms with van der Waals surface area (Å²) >= 11 is 0. The summed E-state index contributed by atoms with van der Waals surface area (Å²) in [4.78, 5) is 24.3. The van der Waals surface area contributed by atoms with Crippen LogP contribution >= 0.6 is 0 Å². The van der Waals surface area contributed by atoms with E-state index in [0.717, 1.165) is 41.5 Å². The van der Waals surface area contributed by atoms with Crippen molar-refractivity contribution >= 4 is 22.6 Å². The van der Waals surface area contributed by atoms with Crippen molar-refractivity contribution in [3.8, 4) is 0 Å². The zero-order chi connectivity index (χ0) is 19.6. The van der Waals surface area contributed by atoms with Crippen LogP contribution in [0.25, 0.3) is 11.0 Å². The minimum atomic E-state index is -0.368. The number of carbonyl (C=O) groups is 1. The molecule has 1 aliphatic rings. The SMILES string of the molecule is CCCO[C@@H]1CC[C@H](C(=O)Nc2cc3c(C)cc(=O)oc3cc2C)C[C@H]1N. The van der Waals surface area contributed by atoms with E-state index in [2.05, 4.69) is 12.2 Å². The maximum Gasteiger partial charge on any atom is 0.336 e. The Balaban J connectivity index is 1.73. The zero-order valence-corrected chi connectivity index (χ0v) is 16.2. The molecule has 1 fully saturated rings. The van der Waals surface area contributed by atoms with Gasteiger partial charge in [0, 0.05) is 35.7 Å². The number of nitrogens with one attached hydrogen (secondary N) is 1. The van der Waals surface area contributed by atoms with Crippen LogP contribution in [0, 0.1) is 19.8 Å². The molecule has 3 rings (SSSR count). The monoisotopic (exact) mass is 372 g/mol. The summed E-state index contributed by atoms with van der Waals surface area (Å²) in [7, 11) is 0. The van der Waals surface area contributed by atoms with Crippen molar-refractivity contribution in [2.45, 2.75) is 58.6 Å². The Hall–Kier alpha value is -2.18. The summed E-state index contributed by atoms with van der Waals surface area (Å²) < 4.78 is 11.0. The average Bonchev–Trinajstić information content (AvgIpc) is 2.61. The average molecular weight is 372 g/mol. The minimum absolute atomic E-state index is 0.0168. The lowest BCUT2D eigenvalue weighted by atomic mass is 9.83. The lowest BCUT2D eigenvalue weighted by molar-refractivity contribution is -0.122. The second-order valence-corrected chi connectivity index (χ2v) is 7.48. The summed E-state index contributed by atoms with van der Waals surface area (Å²) in [5.41, 5.74) is 8.82. The Kier molecular flexibility index (Phi) is 5.97. The molecule has 1 heterocycles. The number of aryl methyl sites for hydroxylation is 2. The number of nitrogens with two attached hydrogens (primary N) is 1. The molecule has 6 nitrogen and oxygen atoms in total. The van der Waals surface area contributed by atoms with E-state index in [1.165, 1.54) is 6.07 Å². The normalized spacial score (nSPS) is 22.7. The highest BCUT2D eigenvalue weighted by atomic mass is 16.5. The molecule has 1 aliphatic carbocycles. The standard InChI is InChI=1S/C21H28N2O4/c1-4-7-26-18-6-5-14(10-16(18)22)21(25)23-17-11-15-12(2)9-20(24)27-19(15)8-13(17)3/h8-9,11,14,16,18H,4-7,10,22H2,1-3H3,(H,23,25)/t14-,16+,18+/m0/s1. The molecule has 1 saturated carbocycles. The Morgan fingerprint density at radius 1 is 1.26 bits per heavy atom. The van der Waals surface area contributed by atoms with Crippen LogP contribution in [-0.2, 0) is 9.53 Å². The van der Waals surface area contributed by atoms with Gasteiger partial charge < -0.3 is 20.2 Å². The first-order valence-electron chi connectivity index (χ1n) is 9.62. The molecule has 1 amide bonds. The molecule has 1 aromatic heterocycles. The van der Waals surface area contributed by atoms with E-state index in [1.54, 1.807) is 6.07 Å². The van der Waals surface area contributed by atoms with Crippen molar-refractivity contribution in [1.82, 2.24) is 0 Å². The Bertz CT molecular complexity index is 890. The number of anilines is 1. The van der Waals surface area contributed by atoms with E-state index in [0.29, 0.717) is 18.6 Å². The van der Waals surface area contributed by atoms with Crippen LogP contribution in [0.4, 0.5) is 5.69 Å². The van der Waals surface area contributed by atoms with Gasteiger partial charge in [0.2, 0.25) is 5.91 Å². The molecule has 1 aromatic carbocycles. The van der Waals surface area contributed by atoms with Crippen molar-refractivity contribution in [3.05, 3.63) is 39.7 Å². The van der Waals surface area contributed by atoms with Gasteiger partial charge >= 0.3 is 5.63 Å². The first-order valence-corrected chi connectivity index (χ1v) is 9.62. The topological polar surface area (TPSA) is 94.6 Å². The molecule has 3 atom stereocenters. The van der Waals surface area contributed by atoms with E-state index in [4.69, 9.17) is 14.9 Å². The van der Waals surface area contributed by atoms with Gasteiger partial charge in [0.1, 0.15) is 5.58 Å². The number of ether oxygens (including phenoxy) is 1. The van der Waals surface area contributed by atoms with Gasteiger partial charge in [-0.25, -0.2) is 4.79 Å². The first kappa shape index (κ1) is 19.6. The number of fused-ring (bicyclic) bond motifs is 1. The molecular formula is C21H28N2O4. The van der Waals surface area contributed by atoms with Gasteiger partial charge in [0.15, 0.2) is 0 Å². The number of hydrogen-bond donors (Lipinski definition) is 2. The fourth-order valence-corrected chi connectivity index (χ4v) is 3.73. The summed E-state index contributed by atoms with van der Waals surface area (Å²) in [5, 5.41) is 3.86. The lowest BCUT2D eigenvalue weighted by Crippen LogP contribution is -2.45. The van der Waals surface area contributed by atoms with Crippen molar-refractivity contribution in [2.24, 2.45) is 11.7 Å². The van der Waals surface area contributed by atoms with E-state index in [9.17, 15) is 9.59 Å².